The monoisotopic (exact) mass is 344 g/mol. The van der Waals surface area contributed by atoms with Crippen LogP contribution in [0.4, 0.5) is 10.5 Å². The van der Waals surface area contributed by atoms with E-state index in [1.54, 1.807) is 0 Å². The number of hydrogen-bond donors (Lipinski definition) is 0. The van der Waals surface area contributed by atoms with E-state index in [1.807, 2.05) is 83.5 Å². The van der Waals surface area contributed by atoms with Gasteiger partial charge in [-0.25, -0.2) is 4.79 Å². The topological polar surface area (TPSA) is 23.6 Å². The van der Waals surface area contributed by atoms with Gasteiger partial charge in [-0.05, 0) is 30.2 Å². The fourth-order valence-electron chi connectivity index (χ4n) is 2.93. The molecule has 0 aliphatic rings. The molecular formula is C23H24N2O. The van der Waals surface area contributed by atoms with Crippen LogP contribution < -0.4 is 4.90 Å². The molecule has 3 heteroatoms. The van der Waals surface area contributed by atoms with Gasteiger partial charge in [-0.15, -0.1) is 0 Å². The van der Waals surface area contributed by atoms with Crippen molar-refractivity contribution >= 4 is 11.7 Å². The van der Waals surface area contributed by atoms with Crippen LogP contribution in [0.3, 0.4) is 0 Å². The van der Waals surface area contributed by atoms with Crippen molar-refractivity contribution in [3.8, 4) is 0 Å². The lowest BCUT2D eigenvalue weighted by molar-refractivity contribution is 0.204. The Balaban J connectivity index is 1.85. The summed E-state index contributed by atoms with van der Waals surface area (Å²) in [4.78, 5) is 17.1. The average Bonchev–Trinajstić information content (AvgIpc) is 2.72. The summed E-state index contributed by atoms with van der Waals surface area (Å²) in [5.41, 5.74) is 3.16. The van der Waals surface area contributed by atoms with Gasteiger partial charge in [0.2, 0.25) is 0 Å². The molecule has 0 spiro atoms. The van der Waals surface area contributed by atoms with E-state index in [9.17, 15) is 4.79 Å². The molecule has 0 bridgehead atoms. The van der Waals surface area contributed by atoms with E-state index in [4.69, 9.17) is 0 Å². The molecule has 0 aliphatic carbocycles. The molecule has 0 unspecified atom stereocenters. The van der Waals surface area contributed by atoms with Gasteiger partial charge in [0.15, 0.2) is 0 Å². The number of carbonyl (C=O) groups excluding carboxylic acids is 1. The third kappa shape index (κ3) is 4.51. The fraction of sp³-hybridized carbons (Fsp3) is 0.174. The number of benzene rings is 3. The van der Waals surface area contributed by atoms with E-state index < -0.39 is 0 Å². The smallest absolute Gasteiger partial charge is 0.320 e. The molecule has 0 aromatic heterocycles. The van der Waals surface area contributed by atoms with E-state index >= 15 is 0 Å². The summed E-state index contributed by atoms with van der Waals surface area (Å²) in [5, 5.41) is 0. The summed E-state index contributed by atoms with van der Waals surface area (Å²) in [6.07, 6.45) is 0. The lowest BCUT2D eigenvalue weighted by Gasteiger charge is -2.30. The zero-order chi connectivity index (χ0) is 18.2. The van der Waals surface area contributed by atoms with Gasteiger partial charge in [0.25, 0.3) is 0 Å². The predicted molar refractivity (Wildman–Crippen MR) is 107 cm³/mol. The number of anilines is 1. The highest BCUT2D eigenvalue weighted by Gasteiger charge is 2.21. The Morgan fingerprint density at radius 1 is 0.692 bits per heavy atom. The van der Waals surface area contributed by atoms with E-state index in [-0.39, 0.29) is 6.03 Å². The van der Waals surface area contributed by atoms with Crippen molar-refractivity contribution in [2.24, 2.45) is 0 Å². The number of carbonyl (C=O) groups is 1. The van der Waals surface area contributed by atoms with Crippen molar-refractivity contribution in [1.82, 2.24) is 4.90 Å². The number of hydrogen-bond acceptors (Lipinski definition) is 1. The lowest BCUT2D eigenvalue weighted by Crippen LogP contribution is -2.42. The van der Waals surface area contributed by atoms with Crippen molar-refractivity contribution in [1.29, 1.82) is 0 Å². The first-order valence-electron chi connectivity index (χ1n) is 8.97. The minimum Gasteiger partial charge on any atom is -0.320 e. The first kappa shape index (κ1) is 17.7. The Morgan fingerprint density at radius 3 is 1.65 bits per heavy atom. The van der Waals surface area contributed by atoms with Gasteiger partial charge in [-0.1, -0.05) is 78.9 Å². The van der Waals surface area contributed by atoms with Crippen molar-refractivity contribution < 1.29 is 4.79 Å². The van der Waals surface area contributed by atoms with Gasteiger partial charge in [0.05, 0.1) is 6.54 Å². The highest BCUT2D eigenvalue weighted by molar-refractivity contribution is 5.91. The van der Waals surface area contributed by atoms with Crippen molar-refractivity contribution in [3.63, 3.8) is 0 Å². The van der Waals surface area contributed by atoms with E-state index in [0.717, 1.165) is 16.8 Å². The molecule has 0 radical (unpaired) electrons. The predicted octanol–water partition coefficient (Wildman–Crippen LogP) is 5.34. The minimum atomic E-state index is 0.0198. The number of urea groups is 1. The van der Waals surface area contributed by atoms with Gasteiger partial charge in [-0.3, -0.25) is 4.90 Å². The number of para-hydroxylation sites is 1. The molecule has 3 nitrogen and oxygen atoms in total. The Bertz CT molecular complexity index is 803. The van der Waals surface area contributed by atoms with Crippen LogP contribution in [-0.4, -0.2) is 17.5 Å². The second kappa shape index (κ2) is 8.86. The Kier molecular flexibility index (Phi) is 6.05. The first-order valence-corrected chi connectivity index (χ1v) is 8.97. The van der Waals surface area contributed by atoms with Crippen LogP contribution in [0.2, 0.25) is 0 Å². The number of amides is 2. The van der Waals surface area contributed by atoms with Crippen LogP contribution in [0.15, 0.2) is 91.0 Å². The Hall–Kier alpha value is -3.07. The zero-order valence-electron chi connectivity index (χ0n) is 15.1. The Labute approximate surface area is 155 Å². The maximum absolute atomic E-state index is 13.3. The standard InChI is InChI=1S/C23H24N2O/c1-2-24(18-20-12-6-3-7-13-20)23(26)25(22-16-10-5-11-17-22)19-21-14-8-4-9-15-21/h3-17H,2,18-19H2,1H3. The lowest BCUT2D eigenvalue weighted by atomic mass is 10.2. The Morgan fingerprint density at radius 2 is 1.15 bits per heavy atom. The van der Waals surface area contributed by atoms with Gasteiger partial charge in [-0.2, -0.15) is 0 Å². The van der Waals surface area contributed by atoms with Crippen LogP contribution in [0.5, 0.6) is 0 Å². The normalized spacial score (nSPS) is 10.3. The van der Waals surface area contributed by atoms with Gasteiger partial charge < -0.3 is 4.90 Å². The molecule has 3 rings (SSSR count). The maximum Gasteiger partial charge on any atom is 0.325 e. The molecule has 2 amide bonds. The summed E-state index contributed by atoms with van der Waals surface area (Å²) >= 11 is 0. The van der Waals surface area contributed by atoms with E-state index in [0.29, 0.717) is 19.6 Å². The summed E-state index contributed by atoms with van der Waals surface area (Å²) in [5.74, 6) is 0. The molecule has 0 aliphatic heterocycles. The molecule has 132 valence electrons. The molecule has 0 fully saturated rings. The third-order valence-corrected chi connectivity index (χ3v) is 4.35. The van der Waals surface area contributed by atoms with Crippen molar-refractivity contribution in [2.75, 3.05) is 11.4 Å². The largest absolute Gasteiger partial charge is 0.325 e. The molecule has 0 heterocycles. The van der Waals surface area contributed by atoms with Crippen LogP contribution >= 0.6 is 0 Å². The summed E-state index contributed by atoms with van der Waals surface area (Å²) in [6, 6.07) is 30.1. The molecule has 26 heavy (non-hydrogen) atoms. The minimum absolute atomic E-state index is 0.0198. The van der Waals surface area contributed by atoms with Crippen molar-refractivity contribution in [3.05, 3.63) is 102 Å². The van der Waals surface area contributed by atoms with E-state index in [2.05, 4.69) is 24.3 Å². The second-order valence-corrected chi connectivity index (χ2v) is 6.19. The van der Waals surface area contributed by atoms with Gasteiger partial charge >= 0.3 is 6.03 Å². The summed E-state index contributed by atoms with van der Waals surface area (Å²) in [6.45, 7) is 3.83. The third-order valence-electron chi connectivity index (χ3n) is 4.35. The van der Waals surface area contributed by atoms with Crippen molar-refractivity contribution in [2.45, 2.75) is 20.0 Å². The molecule has 0 N–H and O–H groups in total. The molecule has 0 saturated heterocycles. The number of nitrogens with zero attached hydrogens (tertiary/aromatic N) is 2. The first-order chi connectivity index (χ1) is 12.8. The van der Waals surface area contributed by atoms with Crippen LogP contribution in [-0.2, 0) is 13.1 Å². The molecule has 0 saturated carbocycles. The maximum atomic E-state index is 13.3. The highest BCUT2D eigenvalue weighted by Crippen LogP contribution is 2.20. The van der Waals surface area contributed by atoms with Gasteiger partial charge in [0, 0.05) is 18.8 Å². The molecule has 0 atom stereocenters. The van der Waals surface area contributed by atoms with Crippen LogP contribution in [0.25, 0.3) is 0 Å². The average molecular weight is 344 g/mol. The second-order valence-electron chi connectivity index (χ2n) is 6.19. The SMILES string of the molecule is CCN(Cc1ccccc1)C(=O)N(Cc1ccccc1)c1ccccc1. The molecular weight excluding hydrogens is 320 g/mol. The summed E-state index contributed by atoms with van der Waals surface area (Å²) < 4.78 is 0. The molecule has 3 aromatic rings. The summed E-state index contributed by atoms with van der Waals surface area (Å²) in [7, 11) is 0. The zero-order valence-corrected chi connectivity index (χ0v) is 15.1. The highest BCUT2D eigenvalue weighted by atomic mass is 16.2. The quantitative estimate of drug-likeness (QED) is 0.592. The fourth-order valence-corrected chi connectivity index (χ4v) is 2.93. The van der Waals surface area contributed by atoms with Crippen LogP contribution in [0, 0.1) is 0 Å². The molecule has 3 aromatic carbocycles. The van der Waals surface area contributed by atoms with E-state index in [1.165, 1.54) is 0 Å². The van der Waals surface area contributed by atoms with Gasteiger partial charge in [0.1, 0.15) is 0 Å². The number of rotatable bonds is 6. The van der Waals surface area contributed by atoms with Crippen LogP contribution in [0.1, 0.15) is 18.1 Å².